The summed E-state index contributed by atoms with van der Waals surface area (Å²) in [6, 6.07) is 9.90. The van der Waals surface area contributed by atoms with E-state index in [-0.39, 0.29) is 17.3 Å². The van der Waals surface area contributed by atoms with Crippen LogP contribution < -0.4 is 11.4 Å². The summed E-state index contributed by atoms with van der Waals surface area (Å²) in [5.41, 5.74) is 5.84. The van der Waals surface area contributed by atoms with Crippen molar-refractivity contribution in [3.05, 3.63) is 50.7 Å². The van der Waals surface area contributed by atoms with Crippen LogP contribution in [-0.2, 0) is 16.6 Å². The van der Waals surface area contributed by atoms with Crippen LogP contribution in [0.4, 0.5) is 0 Å². The highest BCUT2D eigenvalue weighted by Gasteiger charge is 2.26. The highest BCUT2D eigenvalue weighted by Crippen LogP contribution is 2.28. The molecule has 1 aromatic carbocycles. The summed E-state index contributed by atoms with van der Waals surface area (Å²) < 4.78 is 28.6. The monoisotopic (exact) mass is 401 g/mol. The lowest BCUT2D eigenvalue weighted by Crippen LogP contribution is -2.30. The molecule has 0 saturated heterocycles. The van der Waals surface area contributed by atoms with E-state index in [0.717, 1.165) is 15.3 Å². The minimum absolute atomic E-state index is 0.108. The van der Waals surface area contributed by atoms with Gasteiger partial charge >= 0.3 is 5.69 Å². The molecule has 3 rings (SSSR count). The number of imidazole rings is 1. The molecule has 3 aromatic rings. The number of hydrogen-bond acceptors (Lipinski definition) is 5. The van der Waals surface area contributed by atoms with Crippen LogP contribution in [0.15, 0.2) is 49.2 Å². The van der Waals surface area contributed by atoms with E-state index in [9.17, 15) is 13.2 Å². The Hall–Kier alpha value is -1.42. The molecule has 0 radical (unpaired) electrons. The van der Waals surface area contributed by atoms with Crippen molar-refractivity contribution in [2.24, 2.45) is 5.73 Å². The van der Waals surface area contributed by atoms with Crippen LogP contribution in [0.5, 0.6) is 0 Å². The molecule has 2 aromatic heterocycles. The maximum atomic E-state index is 12.8. The van der Waals surface area contributed by atoms with E-state index >= 15 is 0 Å². The van der Waals surface area contributed by atoms with E-state index in [1.54, 1.807) is 30.3 Å². The second kappa shape index (κ2) is 5.65. The number of thiophene rings is 1. The van der Waals surface area contributed by atoms with E-state index in [1.807, 2.05) is 0 Å². The molecule has 22 heavy (non-hydrogen) atoms. The maximum absolute atomic E-state index is 12.8. The van der Waals surface area contributed by atoms with Gasteiger partial charge in [0, 0.05) is 13.1 Å². The van der Waals surface area contributed by atoms with Gasteiger partial charge in [0.15, 0.2) is 0 Å². The minimum atomic E-state index is -3.94. The first-order chi connectivity index (χ1) is 10.5. The van der Waals surface area contributed by atoms with Gasteiger partial charge in [-0.1, -0.05) is 12.1 Å². The van der Waals surface area contributed by atoms with Crippen LogP contribution in [0, 0.1) is 0 Å². The molecule has 0 unspecified atom stereocenters. The van der Waals surface area contributed by atoms with Crippen molar-refractivity contribution in [2.45, 2.75) is 10.8 Å². The second-order valence-corrected chi connectivity index (χ2v) is 9.02. The Bertz CT molecular complexity index is 1000. The molecule has 116 valence electrons. The average molecular weight is 402 g/mol. The zero-order valence-electron chi connectivity index (χ0n) is 11.3. The molecule has 0 fully saturated rings. The predicted molar refractivity (Wildman–Crippen MR) is 89.9 cm³/mol. The van der Waals surface area contributed by atoms with Crippen molar-refractivity contribution in [1.82, 2.24) is 8.54 Å². The van der Waals surface area contributed by atoms with Crippen molar-refractivity contribution in [3.8, 4) is 0 Å². The summed E-state index contributed by atoms with van der Waals surface area (Å²) in [4.78, 5) is 12.6. The summed E-state index contributed by atoms with van der Waals surface area (Å²) in [5.74, 6) is 0. The molecular formula is C13H12BrN3O3S2. The van der Waals surface area contributed by atoms with Gasteiger partial charge in [0.1, 0.15) is 4.21 Å². The lowest BCUT2D eigenvalue weighted by molar-refractivity contribution is 0.585. The number of nitrogens with zero attached hydrogens (tertiary/aromatic N) is 2. The maximum Gasteiger partial charge on any atom is 0.343 e. The molecular weight excluding hydrogens is 390 g/mol. The zero-order chi connectivity index (χ0) is 15.9. The molecule has 0 amide bonds. The van der Waals surface area contributed by atoms with Crippen molar-refractivity contribution in [3.63, 3.8) is 0 Å². The number of nitrogens with two attached hydrogens (primary N) is 1. The number of rotatable bonds is 4. The Morgan fingerprint density at radius 1 is 1.14 bits per heavy atom. The van der Waals surface area contributed by atoms with Crippen molar-refractivity contribution < 1.29 is 8.42 Å². The third-order valence-electron chi connectivity index (χ3n) is 3.19. The third-order valence-corrected chi connectivity index (χ3v) is 6.97. The molecule has 2 N–H and O–H groups in total. The third kappa shape index (κ3) is 2.34. The predicted octanol–water partition coefficient (Wildman–Crippen LogP) is 1.82. The lowest BCUT2D eigenvalue weighted by atomic mass is 10.3. The van der Waals surface area contributed by atoms with Crippen molar-refractivity contribution in [2.75, 3.05) is 6.54 Å². The van der Waals surface area contributed by atoms with Gasteiger partial charge in [-0.3, -0.25) is 4.57 Å². The highest BCUT2D eigenvalue weighted by atomic mass is 79.9. The van der Waals surface area contributed by atoms with Gasteiger partial charge in [-0.25, -0.2) is 4.79 Å². The first kappa shape index (κ1) is 15.5. The topological polar surface area (TPSA) is 87.1 Å². The van der Waals surface area contributed by atoms with Crippen LogP contribution in [0.2, 0.25) is 0 Å². The van der Waals surface area contributed by atoms with Crippen molar-refractivity contribution in [1.29, 1.82) is 0 Å². The molecule has 2 heterocycles. The fourth-order valence-corrected chi connectivity index (χ4v) is 5.78. The highest BCUT2D eigenvalue weighted by molar-refractivity contribution is 9.11. The van der Waals surface area contributed by atoms with Gasteiger partial charge < -0.3 is 5.73 Å². The van der Waals surface area contributed by atoms with Gasteiger partial charge in [0.2, 0.25) is 0 Å². The van der Waals surface area contributed by atoms with E-state index < -0.39 is 15.7 Å². The first-order valence-electron chi connectivity index (χ1n) is 6.38. The van der Waals surface area contributed by atoms with E-state index in [4.69, 9.17) is 5.73 Å². The van der Waals surface area contributed by atoms with Crippen LogP contribution in [0.25, 0.3) is 11.0 Å². The smallest absolute Gasteiger partial charge is 0.329 e. The molecule has 0 spiro atoms. The number of para-hydroxylation sites is 2. The van der Waals surface area contributed by atoms with Crippen LogP contribution in [0.3, 0.4) is 0 Å². The zero-order valence-corrected chi connectivity index (χ0v) is 14.5. The van der Waals surface area contributed by atoms with Crippen LogP contribution >= 0.6 is 27.3 Å². The number of benzene rings is 1. The van der Waals surface area contributed by atoms with Crippen LogP contribution in [-0.4, -0.2) is 23.5 Å². The van der Waals surface area contributed by atoms with Gasteiger partial charge in [-0.15, -0.1) is 11.3 Å². The van der Waals surface area contributed by atoms with Gasteiger partial charge in [0.25, 0.3) is 10.0 Å². The molecule has 9 heteroatoms. The summed E-state index contributed by atoms with van der Waals surface area (Å²) >= 11 is 4.30. The van der Waals surface area contributed by atoms with Gasteiger partial charge in [-0.05, 0) is 40.2 Å². The molecule has 6 nitrogen and oxygen atoms in total. The standard InChI is InChI=1S/C13H12BrN3O3S2/c14-11-5-6-12(21-11)22(19,20)17-10-4-2-1-3-9(10)16(8-7-15)13(17)18/h1-6H,7-8,15H2. The summed E-state index contributed by atoms with van der Waals surface area (Å²) in [5, 5.41) is 0. The normalized spacial score (nSPS) is 12.1. The van der Waals surface area contributed by atoms with Gasteiger partial charge in [-0.2, -0.15) is 12.4 Å². The Labute approximate surface area is 139 Å². The van der Waals surface area contributed by atoms with E-state index in [1.165, 1.54) is 10.6 Å². The molecule has 0 aliphatic heterocycles. The van der Waals surface area contributed by atoms with Crippen molar-refractivity contribution >= 4 is 48.3 Å². The Morgan fingerprint density at radius 2 is 1.82 bits per heavy atom. The quantitative estimate of drug-likeness (QED) is 0.721. The summed E-state index contributed by atoms with van der Waals surface area (Å²) in [7, 11) is -3.94. The number of aromatic nitrogens is 2. The molecule has 0 atom stereocenters. The number of fused-ring (bicyclic) bond motifs is 1. The molecule has 0 aliphatic rings. The number of hydrogen-bond donors (Lipinski definition) is 1. The summed E-state index contributed by atoms with van der Waals surface area (Å²) in [6.07, 6.45) is 0. The minimum Gasteiger partial charge on any atom is -0.329 e. The fourth-order valence-electron chi connectivity index (χ4n) is 2.28. The first-order valence-corrected chi connectivity index (χ1v) is 9.43. The SMILES string of the molecule is NCCn1c(=O)n(S(=O)(=O)c2ccc(Br)s2)c2ccccc21. The molecule has 0 bridgehead atoms. The Kier molecular flexibility index (Phi) is 3.98. The average Bonchev–Trinajstić information content (AvgIpc) is 3.03. The Balaban J connectivity index is 2.36. The second-order valence-electron chi connectivity index (χ2n) is 4.54. The van der Waals surface area contributed by atoms with E-state index in [0.29, 0.717) is 14.8 Å². The van der Waals surface area contributed by atoms with Crippen LogP contribution in [0.1, 0.15) is 0 Å². The van der Waals surface area contributed by atoms with E-state index in [2.05, 4.69) is 15.9 Å². The lowest BCUT2D eigenvalue weighted by Gasteiger charge is -2.02. The number of halogens is 1. The van der Waals surface area contributed by atoms with Gasteiger partial charge in [0.05, 0.1) is 14.8 Å². The molecule has 0 aliphatic carbocycles. The summed E-state index contributed by atoms with van der Waals surface area (Å²) in [6.45, 7) is 0.508. The Morgan fingerprint density at radius 3 is 2.41 bits per heavy atom. The largest absolute Gasteiger partial charge is 0.343 e. The fraction of sp³-hybridized carbons (Fsp3) is 0.154. The molecule has 0 saturated carbocycles.